The Bertz CT molecular complexity index is 842. The molecule has 1 aliphatic rings. The van der Waals surface area contributed by atoms with E-state index in [1.807, 2.05) is 45.9 Å². The van der Waals surface area contributed by atoms with E-state index in [1.165, 1.54) is 6.39 Å². The number of hydrogen-bond acceptors (Lipinski definition) is 6. The van der Waals surface area contributed by atoms with Crippen molar-refractivity contribution in [1.29, 1.82) is 0 Å². The van der Waals surface area contributed by atoms with Crippen LogP contribution in [-0.2, 0) is 9.53 Å². The first-order chi connectivity index (χ1) is 13.2. The van der Waals surface area contributed by atoms with Crippen molar-refractivity contribution in [3.8, 4) is 11.5 Å². The maximum absolute atomic E-state index is 12.8. The molecule has 1 unspecified atom stereocenters. The molecule has 1 fully saturated rings. The smallest absolute Gasteiger partial charge is 0.410 e. The fourth-order valence-corrected chi connectivity index (χ4v) is 3.11. The number of aryl methyl sites for hydroxylation is 1. The number of anilines is 1. The van der Waals surface area contributed by atoms with Crippen LogP contribution < -0.4 is 5.32 Å². The molecule has 8 heteroatoms. The highest BCUT2D eigenvalue weighted by atomic mass is 16.6. The van der Waals surface area contributed by atoms with Gasteiger partial charge in [0.15, 0.2) is 0 Å². The van der Waals surface area contributed by atoms with Crippen molar-refractivity contribution in [2.75, 3.05) is 18.4 Å². The number of aromatic nitrogens is 2. The van der Waals surface area contributed by atoms with Crippen LogP contribution in [0.1, 0.15) is 39.2 Å². The molecule has 1 aliphatic heterocycles. The van der Waals surface area contributed by atoms with E-state index in [-0.39, 0.29) is 17.9 Å². The maximum Gasteiger partial charge on any atom is 0.410 e. The predicted octanol–water partition coefficient (Wildman–Crippen LogP) is 3.63. The Kier molecular flexibility index (Phi) is 5.67. The quantitative estimate of drug-likeness (QED) is 0.865. The SMILES string of the molecule is Cc1ccc(-c2nnco2)cc1NC(=O)C1CCCN(C(=O)OC(C)(C)C)C1. The average Bonchev–Trinajstić information content (AvgIpc) is 3.17. The van der Waals surface area contributed by atoms with Gasteiger partial charge in [0.05, 0.1) is 5.92 Å². The zero-order valence-corrected chi connectivity index (χ0v) is 16.7. The lowest BCUT2D eigenvalue weighted by Gasteiger charge is -2.33. The van der Waals surface area contributed by atoms with E-state index in [0.717, 1.165) is 24.0 Å². The highest BCUT2D eigenvalue weighted by molar-refractivity contribution is 5.94. The zero-order chi connectivity index (χ0) is 20.3. The second kappa shape index (κ2) is 8.00. The third-order valence-corrected chi connectivity index (χ3v) is 4.55. The Morgan fingerprint density at radius 1 is 1.32 bits per heavy atom. The van der Waals surface area contributed by atoms with Crippen LogP contribution in [-0.4, -0.2) is 45.8 Å². The molecule has 1 saturated heterocycles. The third kappa shape index (κ3) is 4.88. The molecule has 0 aliphatic carbocycles. The van der Waals surface area contributed by atoms with Crippen molar-refractivity contribution in [3.05, 3.63) is 30.2 Å². The number of rotatable bonds is 3. The van der Waals surface area contributed by atoms with Gasteiger partial charge >= 0.3 is 6.09 Å². The van der Waals surface area contributed by atoms with Gasteiger partial charge in [0.25, 0.3) is 0 Å². The summed E-state index contributed by atoms with van der Waals surface area (Å²) in [5.41, 5.74) is 1.79. The van der Waals surface area contributed by atoms with Gasteiger partial charge in [-0.05, 0) is 58.2 Å². The average molecular weight is 386 g/mol. The molecule has 2 aromatic rings. The van der Waals surface area contributed by atoms with E-state index >= 15 is 0 Å². The molecule has 3 rings (SSSR count). The lowest BCUT2D eigenvalue weighted by Crippen LogP contribution is -2.45. The molecule has 0 saturated carbocycles. The summed E-state index contributed by atoms with van der Waals surface area (Å²) in [5.74, 6) is -0.00367. The van der Waals surface area contributed by atoms with Crippen molar-refractivity contribution in [2.24, 2.45) is 5.92 Å². The number of likely N-dealkylation sites (tertiary alicyclic amines) is 1. The van der Waals surface area contributed by atoms with E-state index in [0.29, 0.717) is 24.7 Å². The molecule has 2 heterocycles. The van der Waals surface area contributed by atoms with Gasteiger partial charge in [0.1, 0.15) is 5.60 Å². The van der Waals surface area contributed by atoms with Gasteiger partial charge in [-0.25, -0.2) is 4.79 Å². The van der Waals surface area contributed by atoms with Crippen LogP contribution in [0.3, 0.4) is 0 Å². The van der Waals surface area contributed by atoms with E-state index < -0.39 is 5.60 Å². The number of carbonyl (C=O) groups is 2. The van der Waals surface area contributed by atoms with E-state index in [4.69, 9.17) is 9.15 Å². The van der Waals surface area contributed by atoms with Gasteiger partial charge in [-0.1, -0.05) is 6.07 Å². The number of ether oxygens (including phenoxy) is 1. The largest absolute Gasteiger partial charge is 0.444 e. The first kappa shape index (κ1) is 19.9. The molecular weight excluding hydrogens is 360 g/mol. The first-order valence-electron chi connectivity index (χ1n) is 9.39. The summed E-state index contributed by atoms with van der Waals surface area (Å²) in [6.45, 7) is 8.36. The minimum Gasteiger partial charge on any atom is -0.444 e. The van der Waals surface area contributed by atoms with Gasteiger partial charge in [-0.2, -0.15) is 0 Å². The summed E-state index contributed by atoms with van der Waals surface area (Å²) in [6.07, 6.45) is 2.38. The monoisotopic (exact) mass is 386 g/mol. The molecule has 1 aromatic carbocycles. The summed E-state index contributed by atoms with van der Waals surface area (Å²) in [7, 11) is 0. The topological polar surface area (TPSA) is 97.6 Å². The van der Waals surface area contributed by atoms with Crippen molar-refractivity contribution in [1.82, 2.24) is 15.1 Å². The van der Waals surface area contributed by atoms with Gasteiger partial charge in [0.2, 0.25) is 18.2 Å². The molecule has 1 aromatic heterocycles. The van der Waals surface area contributed by atoms with E-state index in [1.54, 1.807) is 4.90 Å². The standard InChI is InChI=1S/C20H26N4O4/c1-13-7-8-14(18-23-21-12-27-18)10-16(13)22-17(25)15-6-5-9-24(11-15)19(26)28-20(2,3)4/h7-8,10,12,15H,5-6,9,11H2,1-4H3,(H,22,25). The van der Waals surface area contributed by atoms with Crippen molar-refractivity contribution in [3.63, 3.8) is 0 Å². The highest BCUT2D eigenvalue weighted by Gasteiger charge is 2.31. The summed E-state index contributed by atoms with van der Waals surface area (Å²) in [4.78, 5) is 26.8. The first-order valence-corrected chi connectivity index (χ1v) is 9.39. The van der Waals surface area contributed by atoms with Crippen molar-refractivity contribution >= 4 is 17.7 Å². The van der Waals surface area contributed by atoms with Gasteiger partial charge in [-0.15, -0.1) is 10.2 Å². The second-order valence-corrected chi connectivity index (χ2v) is 8.03. The predicted molar refractivity (Wildman–Crippen MR) is 104 cm³/mol. The normalized spacial score (nSPS) is 17.3. The lowest BCUT2D eigenvalue weighted by molar-refractivity contribution is -0.121. The number of amides is 2. The highest BCUT2D eigenvalue weighted by Crippen LogP contribution is 2.26. The molecule has 1 N–H and O–H groups in total. The van der Waals surface area contributed by atoms with Crippen LogP contribution >= 0.6 is 0 Å². The molecule has 1 atom stereocenters. The van der Waals surface area contributed by atoms with Gasteiger partial charge in [-0.3, -0.25) is 4.79 Å². The van der Waals surface area contributed by atoms with Crippen LogP contribution in [0.5, 0.6) is 0 Å². The van der Waals surface area contributed by atoms with Gasteiger partial charge in [0, 0.05) is 24.3 Å². The zero-order valence-electron chi connectivity index (χ0n) is 16.7. The molecule has 0 radical (unpaired) electrons. The summed E-state index contributed by atoms with van der Waals surface area (Å²) < 4.78 is 10.7. The molecule has 28 heavy (non-hydrogen) atoms. The van der Waals surface area contributed by atoms with Crippen molar-refractivity contribution in [2.45, 2.75) is 46.1 Å². The maximum atomic E-state index is 12.8. The number of nitrogens with zero attached hydrogens (tertiary/aromatic N) is 3. The summed E-state index contributed by atoms with van der Waals surface area (Å²) in [5, 5.41) is 10.6. The number of benzene rings is 1. The van der Waals surface area contributed by atoms with Crippen molar-refractivity contribution < 1.29 is 18.7 Å². The Balaban J connectivity index is 1.67. The lowest BCUT2D eigenvalue weighted by atomic mass is 9.97. The number of piperidine rings is 1. The summed E-state index contributed by atoms with van der Waals surface area (Å²) in [6, 6.07) is 5.57. The fraction of sp³-hybridized carbons (Fsp3) is 0.500. The molecule has 8 nitrogen and oxygen atoms in total. The van der Waals surface area contributed by atoms with Crippen LogP contribution in [0.15, 0.2) is 29.0 Å². The van der Waals surface area contributed by atoms with E-state index in [9.17, 15) is 9.59 Å². The number of carbonyl (C=O) groups excluding carboxylic acids is 2. The minimum absolute atomic E-state index is 0.112. The number of hydrogen-bond donors (Lipinski definition) is 1. The van der Waals surface area contributed by atoms with Crippen LogP contribution in [0.2, 0.25) is 0 Å². The van der Waals surface area contributed by atoms with Crippen LogP contribution in [0.25, 0.3) is 11.5 Å². The molecule has 0 spiro atoms. The summed E-state index contributed by atoms with van der Waals surface area (Å²) >= 11 is 0. The van der Waals surface area contributed by atoms with Crippen LogP contribution in [0, 0.1) is 12.8 Å². The molecule has 0 bridgehead atoms. The Morgan fingerprint density at radius 3 is 2.79 bits per heavy atom. The Morgan fingerprint density at radius 2 is 2.11 bits per heavy atom. The Hall–Kier alpha value is -2.90. The minimum atomic E-state index is -0.557. The molecular formula is C20H26N4O4. The van der Waals surface area contributed by atoms with E-state index in [2.05, 4.69) is 15.5 Å². The molecule has 2 amide bonds. The van der Waals surface area contributed by atoms with Crippen LogP contribution in [0.4, 0.5) is 10.5 Å². The number of nitrogens with one attached hydrogen (secondary N) is 1. The van der Waals surface area contributed by atoms with Gasteiger partial charge < -0.3 is 19.4 Å². The molecule has 150 valence electrons. The Labute approximate surface area is 164 Å². The third-order valence-electron chi connectivity index (χ3n) is 4.55. The second-order valence-electron chi connectivity index (χ2n) is 8.03. The fourth-order valence-electron chi connectivity index (χ4n) is 3.11.